The van der Waals surface area contributed by atoms with Crippen molar-refractivity contribution in [2.24, 2.45) is 0 Å². The molecule has 0 unspecified atom stereocenters. The second-order valence-corrected chi connectivity index (χ2v) is 2.96. The Labute approximate surface area is 86.6 Å². The van der Waals surface area contributed by atoms with Gasteiger partial charge in [0.1, 0.15) is 0 Å². The van der Waals surface area contributed by atoms with Crippen molar-refractivity contribution in [1.82, 2.24) is 9.97 Å². The summed E-state index contributed by atoms with van der Waals surface area (Å²) in [5.74, 6) is -0.471. The van der Waals surface area contributed by atoms with Gasteiger partial charge < -0.3 is 4.74 Å². The van der Waals surface area contributed by atoms with E-state index < -0.39 is 5.95 Å². The van der Waals surface area contributed by atoms with Crippen LogP contribution in [-0.2, 0) is 0 Å². The molecule has 0 aliphatic carbocycles. The molecule has 0 saturated heterocycles. The number of ether oxygens (including phenoxy) is 1. The lowest BCUT2D eigenvalue weighted by Crippen LogP contribution is -1.92. The number of halogens is 1. The third kappa shape index (κ3) is 1.93. The minimum atomic E-state index is -0.606. The SMILES string of the molecule is COc1cc(-c2cccnc2)cnc1F. The zero-order valence-electron chi connectivity index (χ0n) is 8.14. The molecule has 0 N–H and O–H groups in total. The zero-order valence-corrected chi connectivity index (χ0v) is 8.14. The average molecular weight is 204 g/mol. The highest BCUT2D eigenvalue weighted by molar-refractivity contribution is 5.62. The molecule has 0 radical (unpaired) electrons. The molecule has 0 atom stereocenters. The molecular formula is C11H9FN2O. The van der Waals surface area contributed by atoms with Crippen LogP contribution in [0.2, 0.25) is 0 Å². The number of methoxy groups -OCH3 is 1. The molecule has 2 rings (SSSR count). The molecule has 3 nitrogen and oxygen atoms in total. The topological polar surface area (TPSA) is 35.0 Å². The maximum absolute atomic E-state index is 13.0. The monoisotopic (exact) mass is 204 g/mol. The van der Waals surface area contributed by atoms with Gasteiger partial charge in [-0.05, 0) is 12.1 Å². The standard InChI is InChI=1S/C11H9FN2O/c1-15-10-5-9(7-14-11(10)12)8-3-2-4-13-6-8/h2-7H,1H3. The predicted molar refractivity (Wildman–Crippen MR) is 54.0 cm³/mol. The van der Waals surface area contributed by atoms with E-state index in [9.17, 15) is 4.39 Å². The van der Waals surface area contributed by atoms with Gasteiger partial charge in [-0.2, -0.15) is 4.39 Å². The van der Waals surface area contributed by atoms with Gasteiger partial charge in [0.2, 0.25) is 0 Å². The molecule has 0 spiro atoms. The summed E-state index contributed by atoms with van der Waals surface area (Å²) in [6, 6.07) is 5.28. The van der Waals surface area contributed by atoms with Crippen molar-refractivity contribution < 1.29 is 9.13 Å². The van der Waals surface area contributed by atoms with E-state index in [4.69, 9.17) is 4.74 Å². The summed E-state index contributed by atoms with van der Waals surface area (Å²) in [6.45, 7) is 0. The molecular weight excluding hydrogens is 195 g/mol. The molecule has 4 heteroatoms. The summed E-state index contributed by atoms with van der Waals surface area (Å²) in [4.78, 5) is 7.58. The molecule has 2 aromatic rings. The molecule has 0 bridgehead atoms. The number of rotatable bonds is 2. The molecule has 0 aromatic carbocycles. The van der Waals surface area contributed by atoms with Gasteiger partial charge in [-0.3, -0.25) is 4.98 Å². The second kappa shape index (κ2) is 4.04. The fraction of sp³-hybridized carbons (Fsp3) is 0.0909. The molecule has 0 aliphatic heterocycles. The van der Waals surface area contributed by atoms with Crippen molar-refractivity contribution in [2.45, 2.75) is 0 Å². The van der Waals surface area contributed by atoms with Gasteiger partial charge in [0.25, 0.3) is 5.95 Å². The molecule has 2 heterocycles. The maximum Gasteiger partial charge on any atom is 0.255 e. The van der Waals surface area contributed by atoms with Crippen LogP contribution in [-0.4, -0.2) is 17.1 Å². The van der Waals surface area contributed by atoms with Crippen LogP contribution in [0.1, 0.15) is 0 Å². The molecule has 0 fully saturated rings. The quantitative estimate of drug-likeness (QED) is 0.704. The molecule has 0 saturated carbocycles. The fourth-order valence-corrected chi connectivity index (χ4v) is 1.26. The second-order valence-electron chi connectivity index (χ2n) is 2.96. The van der Waals surface area contributed by atoms with Gasteiger partial charge in [-0.25, -0.2) is 4.98 Å². The first kappa shape index (κ1) is 9.58. The summed E-state index contributed by atoms with van der Waals surface area (Å²) < 4.78 is 17.9. The summed E-state index contributed by atoms with van der Waals surface area (Å²) in [5.41, 5.74) is 1.66. The number of nitrogens with zero attached hydrogens (tertiary/aromatic N) is 2. The maximum atomic E-state index is 13.0. The Morgan fingerprint density at radius 1 is 1.27 bits per heavy atom. The normalized spacial score (nSPS) is 10.0. The molecule has 0 amide bonds. The lowest BCUT2D eigenvalue weighted by Gasteiger charge is -2.04. The van der Waals surface area contributed by atoms with Crippen LogP contribution in [0.4, 0.5) is 4.39 Å². The van der Waals surface area contributed by atoms with Gasteiger partial charge in [0.05, 0.1) is 7.11 Å². The van der Waals surface area contributed by atoms with E-state index in [2.05, 4.69) is 9.97 Å². The van der Waals surface area contributed by atoms with E-state index in [1.807, 2.05) is 12.1 Å². The van der Waals surface area contributed by atoms with Crippen molar-refractivity contribution in [3.05, 3.63) is 42.7 Å². The Balaban J connectivity index is 2.46. The average Bonchev–Trinajstić information content (AvgIpc) is 2.31. The van der Waals surface area contributed by atoms with Gasteiger partial charge in [-0.1, -0.05) is 6.07 Å². The van der Waals surface area contributed by atoms with Crippen LogP contribution in [0.3, 0.4) is 0 Å². The van der Waals surface area contributed by atoms with Crippen LogP contribution < -0.4 is 4.74 Å². The number of hydrogen-bond acceptors (Lipinski definition) is 3. The van der Waals surface area contributed by atoms with Gasteiger partial charge in [0.15, 0.2) is 5.75 Å². The smallest absolute Gasteiger partial charge is 0.255 e. The van der Waals surface area contributed by atoms with Crippen LogP contribution >= 0.6 is 0 Å². The number of hydrogen-bond donors (Lipinski definition) is 0. The molecule has 2 aromatic heterocycles. The van der Waals surface area contributed by atoms with Crippen molar-refractivity contribution >= 4 is 0 Å². The van der Waals surface area contributed by atoms with Crippen LogP contribution in [0.25, 0.3) is 11.1 Å². The first-order chi connectivity index (χ1) is 7.31. The summed E-state index contributed by atoms with van der Waals surface area (Å²) in [7, 11) is 1.41. The highest BCUT2D eigenvalue weighted by atomic mass is 19.1. The number of pyridine rings is 2. The Morgan fingerprint density at radius 2 is 2.13 bits per heavy atom. The highest BCUT2D eigenvalue weighted by Crippen LogP contribution is 2.23. The Kier molecular flexibility index (Phi) is 2.58. The Morgan fingerprint density at radius 3 is 2.80 bits per heavy atom. The van der Waals surface area contributed by atoms with E-state index in [1.54, 1.807) is 18.5 Å². The number of aromatic nitrogens is 2. The van der Waals surface area contributed by atoms with Crippen LogP contribution in [0, 0.1) is 5.95 Å². The van der Waals surface area contributed by atoms with Crippen molar-refractivity contribution in [1.29, 1.82) is 0 Å². The van der Waals surface area contributed by atoms with Crippen molar-refractivity contribution in [2.75, 3.05) is 7.11 Å². The Bertz CT molecular complexity index is 459. The van der Waals surface area contributed by atoms with Crippen LogP contribution in [0.15, 0.2) is 36.8 Å². The van der Waals surface area contributed by atoms with Gasteiger partial charge in [0, 0.05) is 29.7 Å². The zero-order chi connectivity index (χ0) is 10.7. The summed E-state index contributed by atoms with van der Waals surface area (Å²) in [6.07, 6.45) is 4.82. The van der Waals surface area contributed by atoms with Gasteiger partial charge >= 0.3 is 0 Å². The largest absolute Gasteiger partial charge is 0.492 e. The highest BCUT2D eigenvalue weighted by Gasteiger charge is 2.06. The first-order valence-corrected chi connectivity index (χ1v) is 4.41. The lowest BCUT2D eigenvalue weighted by atomic mass is 10.1. The van der Waals surface area contributed by atoms with E-state index in [0.717, 1.165) is 11.1 Å². The van der Waals surface area contributed by atoms with Crippen molar-refractivity contribution in [3.63, 3.8) is 0 Å². The fourth-order valence-electron chi connectivity index (χ4n) is 1.26. The predicted octanol–water partition coefficient (Wildman–Crippen LogP) is 2.29. The van der Waals surface area contributed by atoms with Crippen LogP contribution in [0.5, 0.6) is 5.75 Å². The molecule has 0 aliphatic rings. The Hall–Kier alpha value is -1.97. The van der Waals surface area contributed by atoms with Crippen molar-refractivity contribution in [3.8, 4) is 16.9 Å². The minimum absolute atomic E-state index is 0.136. The van der Waals surface area contributed by atoms with Gasteiger partial charge in [-0.15, -0.1) is 0 Å². The van der Waals surface area contributed by atoms with E-state index in [1.165, 1.54) is 13.3 Å². The summed E-state index contributed by atoms with van der Waals surface area (Å²) >= 11 is 0. The molecule has 15 heavy (non-hydrogen) atoms. The molecule has 76 valence electrons. The lowest BCUT2D eigenvalue weighted by molar-refractivity contribution is 0.378. The third-order valence-electron chi connectivity index (χ3n) is 2.02. The first-order valence-electron chi connectivity index (χ1n) is 4.41. The third-order valence-corrected chi connectivity index (χ3v) is 2.02. The van der Waals surface area contributed by atoms with E-state index in [-0.39, 0.29) is 5.75 Å². The van der Waals surface area contributed by atoms with E-state index >= 15 is 0 Å². The van der Waals surface area contributed by atoms with E-state index in [0.29, 0.717) is 0 Å². The minimum Gasteiger partial charge on any atom is -0.492 e. The summed E-state index contributed by atoms with van der Waals surface area (Å²) in [5, 5.41) is 0.